The highest BCUT2D eigenvalue weighted by molar-refractivity contribution is 5.82. The van der Waals surface area contributed by atoms with Crippen LogP contribution in [0.1, 0.15) is 109 Å². The molecule has 9 atom stereocenters. The number of ether oxygens (including phenoxy) is 2. The average molecular weight is 640 g/mol. The molecule has 0 saturated heterocycles. The van der Waals surface area contributed by atoms with Gasteiger partial charge in [0.1, 0.15) is 24.5 Å². The van der Waals surface area contributed by atoms with Crippen LogP contribution in [0.2, 0.25) is 0 Å². The zero-order valence-corrected chi connectivity index (χ0v) is 28.9. The van der Waals surface area contributed by atoms with Crippen molar-refractivity contribution in [1.82, 2.24) is 5.32 Å². The maximum Gasteiger partial charge on any atom is 0.407 e. The van der Waals surface area contributed by atoms with Crippen molar-refractivity contribution < 1.29 is 23.9 Å². The van der Waals surface area contributed by atoms with Gasteiger partial charge in [0.05, 0.1) is 0 Å². The van der Waals surface area contributed by atoms with Crippen LogP contribution < -0.4 is 5.32 Å². The molecule has 0 spiro atoms. The molecule has 0 aliphatic heterocycles. The Kier molecular flexibility index (Phi) is 8.54. The number of carbonyl (C=O) groups is 3. The largest absolute Gasteiger partial charge is 0.461 e. The van der Waals surface area contributed by atoms with E-state index in [2.05, 4.69) is 43.4 Å². The number of Topliss-reactive ketones (excluding diaryl/α,β-unsaturated/α-hetero) is 1. The smallest absolute Gasteiger partial charge is 0.407 e. The molecule has 2 aromatic rings. The predicted octanol–water partition coefficient (Wildman–Crippen LogP) is 8.71. The van der Waals surface area contributed by atoms with Crippen molar-refractivity contribution in [3.8, 4) is 11.1 Å². The second kappa shape index (κ2) is 12.4. The van der Waals surface area contributed by atoms with E-state index in [4.69, 9.17) is 9.47 Å². The summed E-state index contributed by atoms with van der Waals surface area (Å²) in [6.45, 7) is 10.8. The van der Waals surface area contributed by atoms with Gasteiger partial charge in [-0.2, -0.15) is 0 Å². The number of hydrogen-bond acceptors (Lipinski definition) is 5. The number of benzene rings is 2. The fourth-order valence-corrected chi connectivity index (χ4v) is 11.5. The summed E-state index contributed by atoms with van der Waals surface area (Å²) in [5.41, 5.74) is 5.11. The van der Waals surface area contributed by atoms with Gasteiger partial charge in [-0.15, -0.1) is 0 Å². The van der Waals surface area contributed by atoms with Crippen molar-refractivity contribution in [1.29, 1.82) is 0 Å². The number of rotatable bonds is 7. The van der Waals surface area contributed by atoms with Gasteiger partial charge in [-0.05, 0) is 127 Å². The number of hydrogen-bond donors (Lipinski definition) is 1. The minimum Gasteiger partial charge on any atom is -0.461 e. The zero-order valence-electron chi connectivity index (χ0n) is 28.9. The van der Waals surface area contributed by atoms with Gasteiger partial charge >= 0.3 is 12.1 Å². The van der Waals surface area contributed by atoms with Crippen LogP contribution >= 0.6 is 0 Å². The Labute approximate surface area is 280 Å². The minimum atomic E-state index is -0.762. The quantitative estimate of drug-likeness (QED) is 0.307. The lowest BCUT2D eigenvalue weighted by Gasteiger charge is -2.61. The fraction of sp³-hybridized carbons (Fsp3) is 0.634. The molecule has 4 fully saturated rings. The minimum absolute atomic E-state index is 0.0358. The number of fused-ring (bicyclic) bond motifs is 8. The van der Waals surface area contributed by atoms with Crippen molar-refractivity contribution in [2.45, 2.75) is 110 Å². The molecule has 7 rings (SSSR count). The molecule has 0 unspecified atom stereocenters. The standard InChI is InChI=1S/C41H53NO5/c1-24(2)37(42-39(45)46-23-33-30-12-8-6-10-28(30)29-11-7-9-13-31(29)33)38(44)47-27-18-20-40(4)26(22-27)14-15-32-35-17-16-34(25(3)43)41(35,5)21-19-36(32)40/h6-13,24,26-27,32-37H,14-23H2,1-5H3,(H,42,45)/t26-,27-,32-,34+,35-,36-,37-,40-,41+/m0/s1. The van der Waals surface area contributed by atoms with Crippen molar-refractivity contribution in [2.75, 3.05) is 6.61 Å². The van der Waals surface area contributed by atoms with E-state index in [9.17, 15) is 14.4 Å². The molecule has 4 saturated carbocycles. The number of amides is 1. The Morgan fingerprint density at radius 1 is 0.830 bits per heavy atom. The van der Waals surface area contributed by atoms with Crippen LogP contribution in [0.4, 0.5) is 4.79 Å². The lowest BCUT2D eigenvalue weighted by atomic mass is 9.44. The van der Waals surface area contributed by atoms with Crippen molar-refractivity contribution >= 4 is 17.8 Å². The lowest BCUT2D eigenvalue weighted by Crippen LogP contribution is -2.55. The molecular formula is C41H53NO5. The molecule has 0 heterocycles. The van der Waals surface area contributed by atoms with Gasteiger partial charge in [-0.25, -0.2) is 9.59 Å². The second-order valence-electron chi connectivity index (χ2n) is 16.5. The maximum absolute atomic E-state index is 13.6. The molecule has 252 valence electrons. The van der Waals surface area contributed by atoms with Gasteiger partial charge in [0, 0.05) is 11.8 Å². The third-order valence-electron chi connectivity index (χ3n) is 13.9. The van der Waals surface area contributed by atoms with E-state index in [1.54, 1.807) is 0 Å². The van der Waals surface area contributed by atoms with Gasteiger partial charge in [-0.3, -0.25) is 4.79 Å². The number of ketones is 1. The average Bonchev–Trinajstić information content (AvgIpc) is 3.57. The van der Waals surface area contributed by atoms with Gasteiger partial charge in [0.15, 0.2) is 0 Å². The lowest BCUT2D eigenvalue weighted by molar-refractivity contribution is -0.166. The second-order valence-corrected chi connectivity index (χ2v) is 16.5. The Morgan fingerprint density at radius 2 is 1.47 bits per heavy atom. The van der Waals surface area contributed by atoms with E-state index in [0.29, 0.717) is 29.5 Å². The van der Waals surface area contributed by atoms with E-state index in [1.807, 2.05) is 45.0 Å². The highest BCUT2D eigenvalue weighted by atomic mass is 16.6. The summed E-state index contributed by atoms with van der Waals surface area (Å²) in [5, 5.41) is 2.86. The van der Waals surface area contributed by atoms with Crippen molar-refractivity contribution in [3.63, 3.8) is 0 Å². The Bertz CT molecular complexity index is 1490. The highest BCUT2D eigenvalue weighted by Gasteiger charge is 2.61. The summed E-state index contributed by atoms with van der Waals surface area (Å²) in [6.07, 6.45) is 9.21. The van der Waals surface area contributed by atoms with Crippen LogP contribution in [0.25, 0.3) is 11.1 Å². The van der Waals surface area contributed by atoms with Gasteiger partial charge in [-0.1, -0.05) is 76.2 Å². The van der Waals surface area contributed by atoms with Gasteiger partial charge in [0.25, 0.3) is 0 Å². The summed E-state index contributed by atoms with van der Waals surface area (Å²) in [4.78, 5) is 39.2. The van der Waals surface area contributed by atoms with E-state index in [-0.39, 0.29) is 47.3 Å². The van der Waals surface area contributed by atoms with Crippen LogP contribution in [0.5, 0.6) is 0 Å². The third kappa shape index (κ3) is 5.52. The van der Waals surface area contributed by atoms with Crippen molar-refractivity contribution in [2.24, 2.45) is 46.3 Å². The highest BCUT2D eigenvalue weighted by Crippen LogP contribution is 2.67. The van der Waals surface area contributed by atoms with E-state index in [0.717, 1.165) is 36.8 Å². The normalized spacial score (nSPS) is 34.7. The van der Waals surface area contributed by atoms with E-state index in [1.165, 1.54) is 43.2 Å². The topological polar surface area (TPSA) is 81.7 Å². The van der Waals surface area contributed by atoms with Crippen LogP contribution in [0.15, 0.2) is 48.5 Å². The zero-order chi connectivity index (χ0) is 33.1. The summed E-state index contributed by atoms with van der Waals surface area (Å²) in [5.74, 6) is 2.72. The first-order chi connectivity index (χ1) is 22.5. The summed E-state index contributed by atoms with van der Waals surface area (Å²) in [7, 11) is 0. The number of carbonyl (C=O) groups excluding carboxylic acids is 3. The molecular weight excluding hydrogens is 586 g/mol. The molecule has 0 radical (unpaired) electrons. The van der Waals surface area contributed by atoms with Crippen molar-refractivity contribution in [3.05, 3.63) is 59.7 Å². The summed E-state index contributed by atoms with van der Waals surface area (Å²) in [6, 6.07) is 15.8. The van der Waals surface area contributed by atoms with Gasteiger partial charge < -0.3 is 14.8 Å². The monoisotopic (exact) mass is 639 g/mol. The molecule has 0 bridgehead atoms. The molecule has 0 aromatic heterocycles. The number of alkyl carbamates (subject to hydrolysis) is 1. The van der Waals surface area contributed by atoms with Crippen LogP contribution in [0.3, 0.4) is 0 Å². The SMILES string of the molecule is CC(=O)[C@H]1CC[C@H]2[C@@H]3CC[C@H]4C[C@@H](OC(=O)[C@@H](NC(=O)OCC5c6ccccc6-c6ccccc65)C(C)C)CC[C@]4(C)[C@H]3CC[C@]12C. The maximum atomic E-state index is 13.6. The molecule has 6 nitrogen and oxygen atoms in total. The fourth-order valence-electron chi connectivity index (χ4n) is 11.5. The Morgan fingerprint density at radius 3 is 2.13 bits per heavy atom. The first-order valence-corrected chi connectivity index (χ1v) is 18.3. The molecule has 5 aliphatic rings. The van der Waals surface area contributed by atoms with Crippen LogP contribution in [-0.2, 0) is 19.1 Å². The van der Waals surface area contributed by atoms with Gasteiger partial charge in [0.2, 0.25) is 0 Å². The molecule has 2 aromatic carbocycles. The van der Waals surface area contributed by atoms with Crippen LogP contribution in [0, 0.1) is 46.3 Å². The van der Waals surface area contributed by atoms with E-state index >= 15 is 0 Å². The first-order valence-electron chi connectivity index (χ1n) is 18.3. The number of nitrogens with one attached hydrogen (secondary N) is 1. The molecule has 5 aliphatic carbocycles. The molecule has 1 amide bonds. The number of esters is 1. The molecule has 6 heteroatoms. The predicted molar refractivity (Wildman–Crippen MR) is 183 cm³/mol. The first kappa shape index (κ1) is 32.4. The Balaban J connectivity index is 0.953. The summed E-state index contributed by atoms with van der Waals surface area (Å²) < 4.78 is 12.0. The Hall–Kier alpha value is -3.15. The third-order valence-corrected chi connectivity index (χ3v) is 13.9. The summed E-state index contributed by atoms with van der Waals surface area (Å²) >= 11 is 0. The molecule has 1 N–H and O–H groups in total. The van der Waals surface area contributed by atoms with E-state index < -0.39 is 12.1 Å². The van der Waals surface area contributed by atoms with Crippen LogP contribution in [-0.4, -0.2) is 36.6 Å². The molecule has 47 heavy (non-hydrogen) atoms.